The maximum absolute atomic E-state index is 13.1. The number of amides is 2. The van der Waals surface area contributed by atoms with Crippen LogP contribution in [0.3, 0.4) is 0 Å². The lowest BCUT2D eigenvalue weighted by molar-refractivity contribution is -0.274. The second-order valence-electron chi connectivity index (χ2n) is 5.56. The van der Waals surface area contributed by atoms with Gasteiger partial charge in [0.15, 0.2) is 16.8 Å². The Kier molecular flexibility index (Phi) is 5.64. The average Bonchev–Trinajstić information content (AvgIpc) is 3.02. The molecule has 0 unspecified atom stereocenters. The summed E-state index contributed by atoms with van der Waals surface area (Å²) in [6.07, 6.45) is -4.83. The van der Waals surface area contributed by atoms with Gasteiger partial charge in [0.05, 0.1) is 16.8 Å². The summed E-state index contributed by atoms with van der Waals surface area (Å²) in [5.74, 6) is -4.21. The zero-order valence-corrected chi connectivity index (χ0v) is 15.0. The van der Waals surface area contributed by atoms with E-state index in [2.05, 4.69) is 20.4 Å². The number of halogens is 5. The van der Waals surface area contributed by atoms with Gasteiger partial charge in [-0.2, -0.15) is 0 Å². The van der Waals surface area contributed by atoms with Crippen LogP contribution in [0.5, 0.6) is 5.75 Å². The second kappa shape index (κ2) is 7.99. The SMILES string of the molecule is O=C(CNC(=O)c1ccc(F)c(F)c1)Nc1nc2ccc(OC(F)(F)F)cc2s1. The molecule has 12 heteroatoms. The summed E-state index contributed by atoms with van der Waals surface area (Å²) >= 11 is 0.906. The number of nitrogens with one attached hydrogen (secondary N) is 2. The average molecular weight is 431 g/mol. The highest BCUT2D eigenvalue weighted by Gasteiger charge is 2.31. The van der Waals surface area contributed by atoms with Crippen LogP contribution in [0.15, 0.2) is 36.4 Å². The van der Waals surface area contributed by atoms with Gasteiger partial charge in [-0.3, -0.25) is 9.59 Å². The number of rotatable bonds is 5. The molecule has 29 heavy (non-hydrogen) atoms. The molecule has 0 aliphatic carbocycles. The largest absolute Gasteiger partial charge is 0.573 e. The number of aromatic nitrogens is 1. The third-order valence-corrected chi connectivity index (χ3v) is 4.36. The molecule has 0 fully saturated rings. The van der Waals surface area contributed by atoms with Crippen LogP contribution in [0, 0.1) is 11.6 Å². The number of nitrogens with zero attached hydrogens (tertiary/aromatic N) is 1. The Morgan fingerprint density at radius 3 is 2.52 bits per heavy atom. The number of thiazole rings is 1. The van der Waals surface area contributed by atoms with E-state index >= 15 is 0 Å². The number of alkyl halides is 3. The molecule has 0 spiro atoms. The van der Waals surface area contributed by atoms with Crippen LogP contribution in [0.1, 0.15) is 10.4 Å². The van der Waals surface area contributed by atoms with Crippen molar-refractivity contribution in [1.82, 2.24) is 10.3 Å². The number of carbonyl (C=O) groups excluding carboxylic acids is 2. The standard InChI is InChI=1S/C17H10F5N3O3S/c18-10-3-1-8(5-11(10)19)15(27)23-7-14(26)25-16-24-12-4-2-9(6-13(12)29-16)28-17(20,21)22/h1-6H,7H2,(H,23,27)(H,24,25,26). The molecule has 0 atom stereocenters. The van der Waals surface area contributed by atoms with E-state index in [9.17, 15) is 31.5 Å². The Hall–Kier alpha value is -3.28. The fourth-order valence-electron chi connectivity index (χ4n) is 2.22. The minimum Gasteiger partial charge on any atom is -0.406 e. The first kappa shape index (κ1) is 20.5. The molecule has 0 saturated heterocycles. The molecule has 1 heterocycles. The fraction of sp³-hybridized carbons (Fsp3) is 0.118. The summed E-state index contributed by atoms with van der Waals surface area (Å²) in [5.41, 5.74) is 0.166. The van der Waals surface area contributed by atoms with Crippen LogP contribution in [-0.2, 0) is 4.79 Å². The molecule has 0 bridgehead atoms. The lowest BCUT2D eigenvalue weighted by Gasteiger charge is -2.07. The van der Waals surface area contributed by atoms with Gasteiger partial charge < -0.3 is 15.4 Å². The van der Waals surface area contributed by atoms with Gasteiger partial charge in [-0.15, -0.1) is 13.2 Å². The van der Waals surface area contributed by atoms with Crippen molar-refractivity contribution in [3.05, 3.63) is 53.6 Å². The minimum atomic E-state index is -4.83. The quantitative estimate of drug-likeness (QED) is 0.602. The Morgan fingerprint density at radius 1 is 1.07 bits per heavy atom. The number of fused-ring (bicyclic) bond motifs is 1. The fourth-order valence-corrected chi connectivity index (χ4v) is 3.13. The molecule has 0 saturated carbocycles. The van der Waals surface area contributed by atoms with Crippen molar-refractivity contribution >= 4 is 38.5 Å². The van der Waals surface area contributed by atoms with Crippen LogP contribution < -0.4 is 15.4 Å². The van der Waals surface area contributed by atoms with Gasteiger partial charge in [-0.25, -0.2) is 13.8 Å². The Bertz CT molecular complexity index is 1080. The van der Waals surface area contributed by atoms with E-state index in [4.69, 9.17) is 0 Å². The van der Waals surface area contributed by atoms with Gasteiger partial charge in [0.25, 0.3) is 5.91 Å². The van der Waals surface area contributed by atoms with E-state index in [0.717, 1.165) is 35.6 Å². The first-order chi connectivity index (χ1) is 13.6. The molecule has 1 aromatic heterocycles. The lowest BCUT2D eigenvalue weighted by Crippen LogP contribution is -2.32. The first-order valence-electron chi connectivity index (χ1n) is 7.80. The number of anilines is 1. The van der Waals surface area contributed by atoms with Crippen LogP contribution in [0.2, 0.25) is 0 Å². The monoisotopic (exact) mass is 431 g/mol. The topological polar surface area (TPSA) is 80.3 Å². The molecule has 0 aliphatic heterocycles. The zero-order valence-electron chi connectivity index (χ0n) is 14.1. The predicted octanol–water partition coefficient (Wildman–Crippen LogP) is 3.84. The van der Waals surface area contributed by atoms with Crippen molar-refractivity contribution in [2.75, 3.05) is 11.9 Å². The van der Waals surface area contributed by atoms with Crippen LogP contribution >= 0.6 is 11.3 Å². The number of ether oxygens (including phenoxy) is 1. The Morgan fingerprint density at radius 2 is 1.83 bits per heavy atom. The lowest BCUT2D eigenvalue weighted by atomic mass is 10.2. The molecule has 2 N–H and O–H groups in total. The second-order valence-corrected chi connectivity index (χ2v) is 6.59. The van der Waals surface area contributed by atoms with E-state index in [1.165, 1.54) is 6.07 Å². The highest BCUT2D eigenvalue weighted by molar-refractivity contribution is 7.22. The molecular weight excluding hydrogens is 421 g/mol. The van der Waals surface area contributed by atoms with Crippen molar-refractivity contribution in [3.63, 3.8) is 0 Å². The molecule has 152 valence electrons. The van der Waals surface area contributed by atoms with Crippen LogP contribution in [0.25, 0.3) is 10.2 Å². The Labute approximate surface area is 163 Å². The van der Waals surface area contributed by atoms with E-state index in [1.54, 1.807) is 0 Å². The normalized spacial score (nSPS) is 11.3. The van der Waals surface area contributed by atoms with Crippen molar-refractivity contribution < 1.29 is 36.3 Å². The summed E-state index contributed by atoms with van der Waals surface area (Å²) < 4.78 is 67.0. The van der Waals surface area contributed by atoms with E-state index in [1.807, 2.05) is 0 Å². The Balaban J connectivity index is 1.60. The highest BCUT2D eigenvalue weighted by Crippen LogP contribution is 2.31. The predicted molar refractivity (Wildman–Crippen MR) is 93.6 cm³/mol. The third-order valence-electron chi connectivity index (χ3n) is 3.43. The van der Waals surface area contributed by atoms with Gasteiger partial charge in [-0.05, 0) is 30.3 Å². The smallest absolute Gasteiger partial charge is 0.406 e. The van der Waals surface area contributed by atoms with Gasteiger partial charge >= 0.3 is 6.36 Å². The van der Waals surface area contributed by atoms with Gasteiger partial charge in [0.1, 0.15) is 5.75 Å². The highest BCUT2D eigenvalue weighted by atomic mass is 32.1. The molecule has 6 nitrogen and oxygen atoms in total. The van der Waals surface area contributed by atoms with Crippen LogP contribution in [-0.4, -0.2) is 29.7 Å². The molecular formula is C17H10F5N3O3S. The zero-order chi connectivity index (χ0) is 21.2. The van der Waals surface area contributed by atoms with Gasteiger partial charge in [0, 0.05) is 11.6 Å². The maximum Gasteiger partial charge on any atom is 0.573 e. The van der Waals surface area contributed by atoms with E-state index in [0.29, 0.717) is 16.3 Å². The van der Waals surface area contributed by atoms with Gasteiger partial charge in [0.2, 0.25) is 5.91 Å². The minimum absolute atomic E-state index is 0.0937. The van der Waals surface area contributed by atoms with Crippen molar-refractivity contribution in [2.24, 2.45) is 0 Å². The summed E-state index contributed by atoms with van der Waals surface area (Å²) in [6, 6.07) is 6.04. The summed E-state index contributed by atoms with van der Waals surface area (Å²) in [6.45, 7) is -0.490. The van der Waals surface area contributed by atoms with Crippen LogP contribution in [0.4, 0.5) is 27.1 Å². The maximum atomic E-state index is 13.1. The first-order valence-corrected chi connectivity index (χ1v) is 8.62. The summed E-state index contributed by atoms with van der Waals surface area (Å²) in [5, 5.41) is 4.70. The molecule has 2 amide bonds. The number of hydrogen-bond donors (Lipinski definition) is 2. The van der Waals surface area contributed by atoms with Gasteiger partial charge in [-0.1, -0.05) is 11.3 Å². The van der Waals surface area contributed by atoms with E-state index < -0.39 is 42.1 Å². The van der Waals surface area contributed by atoms with Crippen molar-refractivity contribution in [3.8, 4) is 5.75 Å². The summed E-state index contributed by atoms with van der Waals surface area (Å²) in [7, 11) is 0. The molecule has 3 rings (SSSR count). The number of hydrogen-bond acceptors (Lipinski definition) is 5. The van der Waals surface area contributed by atoms with Crippen molar-refractivity contribution in [1.29, 1.82) is 0 Å². The number of benzene rings is 2. The molecule has 2 aromatic carbocycles. The molecule has 0 aliphatic rings. The third kappa shape index (κ3) is 5.38. The van der Waals surface area contributed by atoms with Crippen molar-refractivity contribution in [2.45, 2.75) is 6.36 Å². The molecule has 3 aromatic rings. The summed E-state index contributed by atoms with van der Waals surface area (Å²) in [4.78, 5) is 27.8. The molecule has 0 radical (unpaired) electrons. The number of carbonyl (C=O) groups is 2. The van der Waals surface area contributed by atoms with E-state index in [-0.39, 0.29) is 10.7 Å².